The van der Waals surface area contributed by atoms with E-state index in [4.69, 9.17) is 10.4 Å². The third-order valence-electron chi connectivity index (χ3n) is 4.26. The number of carbonyl (C=O) groups excluding carboxylic acids is 3. The molecule has 0 unspecified atom stereocenters. The number of nitrogens with zero attached hydrogens (tertiary/aromatic N) is 3. The third kappa shape index (κ3) is 6.91. The summed E-state index contributed by atoms with van der Waals surface area (Å²) in [5, 5.41) is 32.1. The zero-order valence-corrected chi connectivity index (χ0v) is 17.4. The van der Waals surface area contributed by atoms with Crippen LogP contribution in [0.2, 0.25) is 0 Å². The highest BCUT2D eigenvalue weighted by Gasteiger charge is 2.10. The van der Waals surface area contributed by atoms with Gasteiger partial charge in [0.2, 0.25) is 5.91 Å². The van der Waals surface area contributed by atoms with Gasteiger partial charge in [-0.1, -0.05) is 12.1 Å². The minimum atomic E-state index is -0.557. The molecule has 0 atom stereocenters. The molecule has 0 aliphatic heterocycles. The number of nitriles is 1. The maximum atomic E-state index is 12.5. The van der Waals surface area contributed by atoms with Crippen molar-refractivity contribution in [3.8, 4) is 6.07 Å². The van der Waals surface area contributed by atoms with Gasteiger partial charge in [-0.15, -0.1) is 0 Å². The summed E-state index contributed by atoms with van der Waals surface area (Å²) in [7, 11) is 0. The summed E-state index contributed by atoms with van der Waals surface area (Å²) >= 11 is 0. The highest BCUT2D eigenvalue weighted by Crippen LogP contribution is 2.15. The van der Waals surface area contributed by atoms with E-state index in [1.807, 2.05) is 6.07 Å². The molecule has 2 aromatic carbocycles. The quantitative estimate of drug-likeness (QED) is 0.353. The molecule has 3 aromatic rings. The second-order valence-corrected chi connectivity index (χ2v) is 6.81. The molecular formula is C22H21N7O4. The van der Waals surface area contributed by atoms with Gasteiger partial charge < -0.3 is 26.4 Å². The lowest BCUT2D eigenvalue weighted by Crippen LogP contribution is -2.30. The first kappa shape index (κ1) is 23.0. The smallest absolute Gasteiger partial charge is 0.323 e. The van der Waals surface area contributed by atoms with E-state index in [0.717, 1.165) is 0 Å². The number of rotatable bonds is 8. The average molecular weight is 447 g/mol. The van der Waals surface area contributed by atoms with Gasteiger partial charge in [0, 0.05) is 29.7 Å². The molecule has 0 bridgehead atoms. The van der Waals surface area contributed by atoms with E-state index >= 15 is 0 Å². The Kier molecular flexibility index (Phi) is 7.72. The van der Waals surface area contributed by atoms with Gasteiger partial charge in [-0.3, -0.25) is 14.3 Å². The van der Waals surface area contributed by atoms with E-state index in [9.17, 15) is 14.4 Å². The van der Waals surface area contributed by atoms with E-state index in [1.165, 1.54) is 23.1 Å². The fourth-order valence-electron chi connectivity index (χ4n) is 2.81. The van der Waals surface area contributed by atoms with Gasteiger partial charge >= 0.3 is 6.03 Å². The molecule has 0 radical (unpaired) electrons. The third-order valence-corrected chi connectivity index (χ3v) is 4.26. The van der Waals surface area contributed by atoms with Gasteiger partial charge in [0.15, 0.2) is 0 Å². The number of hydrogen-bond acceptors (Lipinski definition) is 6. The molecule has 0 aliphatic rings. The standard InChI is InChI=1S/C22H21N7O4/c23-11-15-3-1-5-17(9-15)26-21(32)16-4-2-6-18(10-16)27-22(33)28-19-12-25-29(13-19)14-20(31)24-7-8-30/h1-6,9-10,12-13,30H,7-8,14H2,(H,24,31)(H,26,32)(H2,27,28,33). The predicted molar refractivity (Wildman–Crippen MR) is 121 cm³/mol. The zero-order chi connectivity index (χ0) is 23.6. The van der Waals surface area contributed by atoms with Crippen LogP contribution in [0.5, 0.6) is 0 Å². The van der Waals surface area contributed by atoms with E-state index in [-0.39, 0.29) is 25.6 Å². The first-order valence-electron chi connectivity index (χ1n) is 9.86. The molecule has 5 N–H and O–H groups in total. The summed E-state index contributed by atoms with van der Waals surface area (Å²) in [6.07, 6.45) is 2.87. The van der Waals surface area contributed by atoms with Gasteiger partial charge in [-0.2, -0.15) is 10.4 Å². The molecule has 0 saturated carbocycles. The second-order valence-electron chi connectivity index (χ2n) is 6.81. The van der Waals surface area contributed by atoms with Gasteiger partial charge in [0.1, 0.15) is 6.54 Å². The number of aromatic nitrogens is 2. The summed E-state index contributed by atoms with van der Waals surface area (Å²) < 4.78 is 1.34. The topological polar surface area (TPSA) is 161 Å². The van der Waals surface area contributed by atoms with Crippen LogP contribution in [-0.2, 0) is 11.3 Å². The number of anilines is 3. The predicted octanol–water partition coefficient (Wildman–Crippen LogP) is 1.76. The molecule has 4 amide bonds. The van der Waals surface area contributed by atoms with Crippen molar-refractivity contribution < 1.29 is 19.5 Å². The molecule has 11 heteroatoms. The van der Waals surface area contributed by atoms with Crippen molar-refractivity contribution in [2.75, 3.05) is 29.1 Å². The van der Waals surface area contributed by atoms with Crippen LogP contribution in [0.3, 0.4) is 0 Å². The number of amides is 4. The first-order valence-corrected chi connectivity index (χ1v) is 9.86. The molecule has 11 nitrogen and oxygen atoms in total. The monoisotopic (exact) mass is 447 g/mol. The Bertz CT molecular complexity index is 1200. The second kappa shape index (κ2) is 11.1. The molecule has 1 heterocycles. The van der Waals surface area contributed by atoms with E-state index in [0.29, 0.717) is 28.2 Å². The number of hydrogen-bond donors (Lipinski definition) is 5. The SMILES string of the molecule is N#Cc1cccc(NC(=O)c2cccc(NC(=O)Nc3cnn(CC(=O)NCCO)c3)c2)c1. The van der Waals surface area contributed by atoms with Crippen molar-refractivity contribution in [2.24, 2.45) is 0 Å². The Morgan fingerprint density at radius 3 is 2.48 bits per heavy atom. The maximum absolute atomic E-state index is 12.5. The van der Waals surface area contributed by atoms with Crippen LogP contribution in [-0.4, -0.2) is 45.9 Å². The Morgan fingerprint density at radius 1 is 1.00 bits per heavy atom. The lowest BCUT2D eigenvalue weighted by atomic mass is 10.1. The molecule has 0 spiro atoms. The fraction of sp³-hybridized carbons (Fsp3) is 0.136. The highest BCUT2D eigenvalue weighted by atomic mass is 16.3. The molecule has 0 fully saturated rings. The number of benzene rings is 2. The van der Waals surface area contributed by atoms with Crippen LogP contribution in [0.25, 0.3) is 0 Å². The largest absolute Gasteiger partial charge is 0.395 e. The average Bonchev–Trinajstić information content (AvgIpc) is 3.24. The molecular weight excluding hydrogens is 426 g/mol. The minimum Gasteiger partial charge on any atom is -0.395 e. The molecule has 33 heavy (non-hydrogen) atoms. The Hall–Kier alpha value is -4.69. The molecule has 0 aliphatic carbocycles. The number of aliphatic hydroxyl groups excluding tert-OH is 1. The van der Waals surface area contributed by atoms with Gasteiger partial charge in [-0.25, -0.2) is 4.79 Å². The summed E-state index contributed by atoms with van der Waals surface area (Å²) in [6, 6.07) is 14.3. The van der Waals surface area contributed by atoms with Crippen LogP contribution < -0.4 is 21.3 Å². The van der Waals surface area contributed by atoms with Gasteiger partial charge in [0.25, 0.3) is 5.91 Å². The molecule has 168 valence electrons. The molecule has 3 rings (SSSR count). The van der Waals surface area contributed by atoms with Crippen molar-refractivity contribution in [1.29, 1.82) is 5.26 Å². The van der Waals surface area contributed by atoms with Crippen LogP contribution in [0.1, 0.15) is 15.9 Å². The van der Waals surface area contributed by atoms with Gasteiger partial charge in [0.05, 0.1) is 30.1 Å². The van der Waals surface area contributed by atoms with Gasteiger partial charge in [-0.05, 0) is 36.4 Å². The van der Waals surface area contributed by atoms with Crippen molar-refractivity contribution in [2.45, 2.75) is 6.54 Å². The van der Waals surface area contributed by atoms with Crippen molar-refractivity contribution >= 4 is 34.9 Å². The zero-order valence-electron chi connectivity index (χ0n) is 17.4. The summed E-state index contributed by atoms with van der Waals surface area (Å²) in [6.45, 7) is -0.0657. The normalized spacial score (nSPS) is 10.1. The summed E-state index contributed by atoms with van der Waals surface area (Å²) in [5.41, 5.74) is 1.98. The minimum absolute atomic E-state index is 0.0578. The van der Waals surface area contributed by atoms with Crippen LogP contribution in [0.15, 0.2) is 60.9 Å². The number of nitrogens with one attached hydrogen (secondary N) is 4. The highest BCUT2D eigenvalue weighted by molar-refractivity contribution is 6.06. The molecule has 0 saturated heterocycles. The lowest BCUT2D eigenvalue weighted by molar-refractivity contribution is -0.122. The van der Waals surface area contributed by atoms with Crippen LogP contribution >= 0.6 is 0 Å². The van der Waals surface area contributed by atoms with Crippen molar-refractivity contribution in [3.63, 3.8) is 0 Å². The van der Waals surface area contributed by atoms with E-state index < -0.39 is 11.9 Å². The van der Waals surface area contributed by atoms with Crippen molar-refractivity contribution in [1.82, 2.24) is 15.1 Å². The van der Waals surface area contributed by atoms with E-state index in [2.05, 4.69) is 26.4 Å². The Morgan fingerprint density at radius 2 is 1.73 bits per heavy atom. The first-order chi connectivity index (χ1) is 16.0. The Labute approximate surface area is 189 Å². The maximum Gasteiger partial charge on any atom is 0.323 e. The van der Waals surface area contributed by atoms with Crippen LogP contribution in [0.4, 0.5) is 21.9 Å². The lowest BCUT2D eigenvalue weighted by Gasteiger charge is -2.09. The Balaban J connectivity index is 1.56. The van der Waals surface area contributed by atoms with Crippen molar-refractivity contribution in [3.05, 3.63) is 72.1 Å². The number of urea groups is 1. The fourth-order valence-corrected chi connectivity index (χ4v) is 2.81. The molecule has 1 aromatic heterocycles. The summed E-state index contributed by atoms with van der Waals surface area (Å²) in [5.74, 6) is -0.715. The number of carbonyl (C=O) groups is 3. The van der Waals surface area contributed by atoms with E-state index in [1.54, 1.807) is 42.5 Å². The number of aliphatic hydroxyl groups is 1. The van der Waals surface area contributed by atoms with Crippen LogP contribution in [0, 0.1) is 11.3 Å². The summed E-state index contributed by atoms with van der Waals surface area (Å²) in [4.78, 5) is 36.5.